The summed E-state index contributed by atoms with van der Waals surface area (Å²) in [5, 5.41) is 17.9. The lowest BCUT2D eigenvalue weighted by Gasteiger charge is -2.10. The number of methoxy groups -OCH3 is 1. The maximum absolute atomic E-state index is 12.8. The van der Waals surface area contributed by atoms with Gasteiger partial charge in [0.05, 0.1) is 34.0 Å². The summed E-state index contributed by atoms with van der Waals surface area (Å²) in [5.41, 5.74) is 0.372. The maximum atomic E-state index is 12.8. The first-order chi connectivity index (χ1) is 14.5. The van der Waals surface area contributed by atoms with Crippen LogP contribution >= 0.6 is 11.3 Å². The molecular weight excluding hydrogens is 410 g/mol. The fourth-order valence-electron chi connectivity index (χ4n) is 2.74. The van der Waals surface area contributed by atoms with Crippen LogP contribution in [0.3, 0.4) is 0 Å². The quantitative estimate of drug-likeness (QED) is 0.386. The number of thiazole rings is 1. The van der Waals surface area contributed by atoms with Crippen molar-refractivity contribution in [2.45, 2.75) is 0 Å². The van der Waals surface area contributed by atoms with Crippen molar-refractivity contribution < 1.29 is 14.5 Å². The second-order valence-electron chi connectivity index (χ2n) is 6.03. The van der Waals surface area contributed by atoms with E-state index in [-0.39, 0.29) is 22.3 Å². The predicted octanol–water partition coefficient (Wildman–Crippen LogP) is 3.01. The normalized spacial score (nSPS) is 10.7. The summed E-state index contributed by atoms with van der Waals surface area (Å²) < 4.78 is 6.79. The molecule has 0 atom stereocenters. The van der Waals surface area contributed by atoms with E-state index in [1.165, 1.54) is 31.4 Å². The molecule has 0 aliphatic heterocycles. The van der Waals surface area contributed by atoms with Crippen molar-refractivity contribution in [2.24, 2.45) is 0 Å². The van der Waals surface area contributed by atoms with Crippen molar-refractivity contribution >= 4 is 38.3 Å². The van der Waals surface area contributed by atoms with Gasteiger partial charge in [0.15, 0.2) is 16.6 Å². The lowest BCUT2D eigenvalue weighted by atomic mass is 10.3. The van der Waals surface area contributed by atoms with Crippen molar-refractivity contribution in [3.63, 3.8) is 0 Å². The highest BCUT2D eigenvalue weighted by Gasteiger charge is 2.20. The van der Waals surface area contributed by atoms with E-state index < -0.39 is 16.4 Å². The molecule has 4 rings (SSSR count). The van der Waals surface area contributed by atoms with Crippen LogP contribution in [0.25, 0.3) is 15.9 Å². The summed E-state index contributed by atoms with van der Waals surface area (Å²) in [5.74, 6) is -0.619. The number of carbonyl (C=O) groups is 1. The van der Waals surface area contributed by atoms with Crippen molar-refractivity contribution in [2.75, 3.05) is 12.4 Å². The molecule has 0 fully saturated rings. The highest BCUT2D eigenvalue weighted by molar-refractivity contribution is 7.22. The van der Waals surface area contributed by atoms with E-state index in [1.807, 2.05) is 0 Å². The van der Waals surface area contributed by atoms with Gasteiger partial charge in [0, 0.05) is 12.1 Å². The number of hydrogen-bond donors (Lipinski definition) is 1. The lowest BCUT2D eigenvalue weighted by molar-refractivity contribution is -0.384. The van der Waals surface area contributed by atoms with Gasteiger partial charge in [0.25, 0.3) is 17.2 Å². The number of non-ortho nitro benzene ring substituents is 1. The van der Waals surface area contributed by atoms with Crippen LogP contribution in [0.1, 0.15) is 10.5 Å². The second kappa shape index (κ2) is 7.72. The number of amides is 1. The number of nitrogens with one attached hydrogen (secondary N) is 1. The summed E-state index contributed by atoms with van der Waals surface area (Å²) in [4.78, 5) is 39.9. The van der Waals surface area contributed by atoms with Crippen LogP contribution in [-0.4, -0.2) is 32.7 Å². The van der Waals surface area contributed by atoms with E-state index >= 15 is 0 Å². The fraction of sp³-hybridized carbons (Fsp3) is 0.0526. The number of aromatic nitrogens is 3. The average molecular weight is 423 g/mol. The molecule has 4 aromatic rings. The number of anilines is 1. The molecule has 10 nitrogen and oxygen atoms in total. The highest BCUT2D eigenvalue weighted by atomic mass is 32.1. The second-order valence-corrected chi connectivity index (χ2v) is 7.06. The van der Waals surface area contributed by atoms with Gasteiger partial charge in [-0.2, -0.15) is 9.78 Å². The van der Waals surface area contributed by atoms with Gasteiger partial charge < -0.3 is 4.74 Å². The Morgan fingerprint density at radius 3 is 2.67 bits per heavy atom. The molecule has 1 amide bonds. The topological polar surface area (TPSA) is 129 Å². The molecule has 2 aromatic carbocycles. The highest BCUT2D eigenvalue weighted by Crippen LogP contribution is 2.29. The van der Waals surface area contributed by atoms with Crippen LogP contribution in [0.15, 0.2) is 59.4 Å². The van der Waals surface area contributed by atoms with Crippen LogP contribution < -0.4 is 15.6 Å². The number of nitrogens with zero attached hydrogens (tertiary/aromatic N) is 4. The molecule has 30 heavy (non-hydrogen) atoms. The number of nitro groups is 1. The average Bonchev–Trinajstić information content (AvgIpc) is 3.15. The molecular formula is C19H13N5O5S. The molecule has 0 bridgehead atoms. The Labute approximate surface area is 172 Å². The Kier molecular flexibility index (Phi) is 4.94. The molecule has 11 heteroatoms. The first-order valence-corrected chi connectivity index (χ1v) is 9.38. The Bertz CT molecular complexity index is 1330. The van der Waals surface area contributed by atoms with Gasteiger partial charge in [-0.1, -0.05) is 29.5 Å². The summed E-state index contributed by atoms with van der Waals surface area (Å²) >= 11 is 1.08. The maximum Gasteiger partial charge on any atom is 0.281 e. The number of benzene rings is 2. The molecule has 0 aliphatic rings. The van der Waals surface area contributed by atoms with Gasteiger partial charge in [-0.3, -0.25) is 25.0 Å². The molecule has 1 N–H and O–H groups in total. The SMILES string of the molecule is COc1cc(=O)n(-c2ccccc2)nc1C(=O)Nc1nc2ccc([N+](=O)[O-])cc2s1. The first kappa shape index (κ1) is 19.2. The number of rotatable bonds is 5. The van der Waals surface area contributed by atoms with Crippen molar-refractivity contribution in [3.8, 4) is 11.4 Å². The standard InChI is InChI=1S/C19H13N5O5S/c1-29-14-10-16(25)23(11-5-3-2-4-6-11)22-17(14)18(26)21-19-20-13-8-7-12(24(27)28)9-15(13)30-19/h2-10H,1H3,(H,20,21,26). The molecule has 2 heterocycles. The third kappa shape index (κ3) is 3.61. The summed E-state index contributed by atoms with van der Waals surface area (Å²) in [7, 11) is 1.33. The monoisotopic (exact) mass is 423 g/mol. The van der Waals surface area contributed by atoms with Gasteiger partial charge >= 0.3 is 0 Å². The zero-order chi connectivity index (χ0) is 21.3. The largest absolute Gasteiger partial charge is 0.494 e. The third-order valence-electron chi connectivity index (χ3n) is 4.14. The van der Waals surface area contributed by atoms with Crippen LogP contribution in [0, 0.1) is 10.1 Å². The molecule has 0 saturated carbocycles. The molecule has 0 saturated heterocycles. The van der Waals surface area contributed by atoms with Crippen LogP contribution in [0.2, 0.25) is 0 Å². The minimum absolute atomic E-state index is 0.0152. The Balaban J connectivity index is 1.70. The van der Waals surface area contributed by atoms with Crippen LogP contribution in [-0.2, 0) is 0 Å². The van der Waals surface area contributed by atoms with E-state index in [4.69, 9.17) is 4.74 Å². The van der Waals surface area contributed by atoms with Crippen LogP contribution in [0.4, 0.5) is 10.8 Å². The fourth-order valence-corrected chi connectivity index (χ4v) is 3.64. The predicted molar refractivity (Wildman–Crippen MR) is 111 cm³/mol. The van der Waals surface area contributed by atoms with Gasteiger partial charge in [0.1, 0.15) is 0 Å². The van der Waals surface area contributed by atoms with Gasteiger partial charge in [-0.05, 0) is 18.2 Å². The summed E-state index contributed by atoms with van der Waals surface area (Å²) in [6, 6.07) is 14.1. The lowest BCUT2D eigenvalue weighted by Crippen LogP contribution is -2.26. The van der Waals surface area contributed by atoms with E-state index in [1.54, 1.807) is 30.3 Å². The van der Waals surface area contributed by atoms with E-state index in [2.05, 4.69) is 15.4 Å². The van der Waals surface area contributed by atoms with Gasteiger partial charge in [-0.25, -0.2) is 4.98 Å². The van der Waals surface area contributed by atoms with Crippen molar-refractivity contribution in [3.05, 3.63) is 80.8 Å². The minimum Gasteiger partial charge on any atom is -0.494 e. The van der Waals surface area contributed by atoms with E-state index in [0.717, 1.165) is 16.0 Å². The summed E-state index contributed by atoms with van der Waals surface area (Å²) in [6.45, 7) is 0. The smallest absolute Gasteiger partial charge is 0.281 e. The Hall–Kier alpha value is -4.12. The van der Waals surface area contributed by atoms with E-state index in [0.29, 0.717) is 15.9 Å². The van der Waals surface area contributed by atoms with Gasteiger partial charge in [0.2, 0.25) is 0 Å². The molecule has 0 aliphatic carbocycles. The van der Waals surface area contributed by atoms with Crippen LogP contribution in [0.5, 0.6) is 5.75 Å². The molecule has 0 spiro atoms. The van der Waals surface area contributed by atoms with E-state index in [9.17, 15) is 19.7 Å². The zero-order valence-corrected chi connectivity index (χ0v) is 16.3. The number of ether oxygens (including phenoxy) is 1. The Morgan fingerprint density at radius 2 is 1.97 bits per heavy atom. The van der Waals surface area contributed by atoms with Gasteiger partial charge in [-0.15, -0.1) is 0 Å². The number of para-hydroxylation sites is 1. The number of nitro benzene ring substituents is 1. The first-order valence-electron chi connectivity index (χ1n) is 8.56. The molecule has 0 unspecified atom stereocenters. The van der Waals surface area contributed by atoms with Crippen molar-refractivity contribution in [1.82, 2.24) is 14.8 Å². The molecule has 0 radical (unpaired) electrons. The number of carbonyl (C=O) groups excluding carboxylic acids is 1. The summed E-state index contributed by atoms with van der Waals surface area (Å²) in [6.07, 6.45) is 0. The zero-order valence-electron chi connectivity index (χ0n) is 15.4. The molecule has 150 valence electrons. The minimum atomic E-state index is -0.634. The number of hydrogen-bond acceptors (Lipinski definition) is 8. The number of fused-ring (bicyclic) bond motifs is 1. The molecule has 2 aromatic heterocycles. The van der Waals surface area contributed by atoms with Crippen molar-refractivity contribution in [1.29, 1.82) is 0 Å². The Morgan fingerprint density at radius 1 is 1.20 bits per heavy atom. The third-order valence-corrected chi connectivity index (χ3v) is 5.07.